The standard InChI is InChI=1S/C9H13N3O2/c1-7(10-4-3-9(13)14)8-5-11-12(2)6-8/h3-7,10H,1-2H3,(H,13,14)/b4-3+. The first-order valence-electron chi connectivity index (χ1n) is 4.23. The lowest BCUT2D eigenvalue weighted by molar-refractivity contribution is -0.131. The molecule has 0 spiro atoms. The van der Waals surface area contributed by atoms with E-state index in [4.69, 9.17) is 5.11 Å². The van der Waals surface area contributed by atoms with Gasteiger partial charge in [0.2, 0.25) is 0 Å². The van der Waals surface area contributed by atoms with Crippen molar-refractivity contribution >= 4 is 5.97 Å². The number of nitrogens with zero attached hydrogens (tertiary/aromatic N) is 2. The van der Waals surface area contributed by atoms with Gasteiger partial charge in [-0.2, -0.15) is 5.10 Å². The molecule has 1 heterocycles. The number of nitrogens with one attached hydrogen (secondary N) is 1. The summed E-state index contributed by atoms with van der Waals surface area (Å²) in [6.07, 6.45) is 6.10. The van der Waals surface area contributed by atoms with Gasteiger partial charge in [0.05, 0.1) is 12.2 Å². The van der Waals surface area contributed by atoms with Gasteiger partial charge < -0.3 is 10.4 Å². The highest BCUT2D eigenvalue weighted by atomic mass is 16.4. The van der Waals surface area contributed by atoms with Crippen LogP contribution in [-0.2, 0) is 11.8 Å². The largest absolute Gasteiger partial charge is 0.478 e. The van der Waals surface area contributed by atoms with Crippen LogP contribution in [0.1, 0.15) is 18.5 Å². The van der Waals surface area contributed by atoms with Crippen molar-refractivity contribution in [2.75, 3.05) is 0 Å². The van der Waals surface area contributed by atoms with Gasteiger partial charge >= 0.3 is 5.97 Å². The van der Waals surface area contributed by atoms with Gasteiger partial charge in [-0.05, 0) is 6.92 Å². The third-order valence-electron chi connectivity index (χ3n) is 1.80. The fourth-order valence-corrected chi connectivity index (χ4v) is 1.02. The van der Waals surface area contributed by atoms with E-state index in [2.05, 4.69) is 10.4 Å². The van der Waals surface area contributed by atoms with E-state index in [-0.39, 0.29) is 6.04 Å². The second kappa shape index (κ2) is 4.45. The summed E-state index contributed by atoms with van der Waals surface area (Å²) in [5.74, 6) is -0.962. The molecule has 0 radical (unpaired) electrons. The number of hydrogen-bond acceptors (Lipinski definition) is 3. The predicted octanol–water partition coefficient (Wildman–Crippen LogP) is 0.669. The predicted molar refractivity (Wildman–Crippen MR) is 51.5 cm³/mol. The van der Waals surface area contributed by atoms with Crippen LogP contribution < -0.4 is 5.32 Å². The molecule has 14 heavy (non-hydrogen) atoms. The molecule has 1 atom stereocenters. The van der Waals surface area contributed by atoms with Crippen molar-refractivity contribution in [3.05, 3.63) is 30.2 Å². The summed E-state index contributed by atoms with van der Waals surface area (Å²) in [6.45, 7) is 1.93. The molecule has 0 aromatic carbocycles. The quantitative estimate of drug-likeness (QED) is 0.693. The van der Waals surface area contributed by atoms with Crippen LogP contribution in [-0.4, -0.2) is 20.9 Å². The van der Waals surface area contributed by atoms with Crippen LogP contribution >= 0.6 is 0 Å². The molecule has 5 heteroatoms. The zero-order chi connectivity index (χ0) is 10.6. The molecule has 1 rings (SSSR count). The van der Waals surface area contributed by atoms with Crippen LogP contribution in [0.3, 0.4) is 0 Å². The Bertz CT molecular complexity index is 344. The van der Waals surface area contributed by atoms with Gasteiger partial charge in [0.1, 0.15) is 0 Å². The highest BCUT2D eigenvalue weighted by molar-refractivity contribution is 5.79. The molecule has 0 fully saturated rings. The van der Waals surface area contributed by atoms with E-state index in [9.17, 15) is 4.79 Å². The first-order valence-corrected chi connectivity index (χ1v) is 4.23. The molecule has 0 bridgehead atoms. The highest BCUT2D eigenvalue weighted by Crippen LogP contribution is 2.09. The Morgan fingerprint density at radius 1 is 1.79 bits per heavy atom. The van der Waals surface area contributed by atoms with Gasteiger partial charge in [0.15, 0.2) is 0 Å². The van der Waals surface area contributed by atoms with Crippen LogP contribution in [0.2, 0.25) is 0 Å². The zero-order valence-electron chi connectivity index (χ0n) is 8.14. The molecule has 0 aliphatic heterocycles. The Kier molecular flexibility index (Phi) is 3.28. The molecule has 1 unspecified atom stereocenters. The smallest absolute Gasteiger partial charge is 0.329 e. The average molecular weight is 195 g/mol. The molecule has 1 aromatic rings. The lowest BCUT2D eigenvalue weighted by Gasteiger charge is -2.07. The summed E-state index contributed by atoms with van der Waals surface area (Å²) in [5.41, 5.74) is 1.02. The van der Waals surface area contributed by atoms with Gasteiger partial charge in [-0.3, -0.25) is 4.68 Å². The normalized spacial score (nSPS) is 13.0. The number of hydrogen-bond donors (Lipinski definition) is 2. The molecule has 0 amide bonds. The Morgan fingerprint density at radius 3 is 3.00 bits per heavy atom. The lowest BCUT2D eigenvalue weighted by Crippen LogP contribution is -2.11. The van der Waals surface area contributed by atoms with Gasteiger partial charge in [0.25, 0.3) is 0 Å². The maximum Gasteiger partial charge on any atom is 0.329 e. The Hall–Kier alpha value is -1.78. The number of carboxylic acid groups (broad SMARTS) is 1. The number of carbonyl (C=O) groups is 1. The molecular formula is C9H13N3O2. The number of carboxylic acids is 1. The van der Waals surface area contributed by atoms with Crippen molar-refractivity contribution in [1.82, 2.24) is 15.1 Å². The number of aryl methyl sites for hydroxylation is 1. The zero-order valence-corrected chi connectivity index (χ0v) is 8.14. The van der Waals surface area contributed by atoms with Crippen LogP contribution in [0.15, 0.2) is 24.7 Å². The van der Waals surface area contributed by atoms with E-state index < -0.39 is 5.97 Å². The van der Waals surface area contributed by atoms with E-state index in [0.29, 0.717) is 0 Å². The molecule has 5 nitrogen and oxygen atoms in total. The van der Waals surface area contributed by atoms with E-state index in [0.717, 1.165) is 11.6 Å². The molecule has 0 saturated heterocycles. The van der Waals surface area contributed by atoms with Crippen LogP contribution in [0, 0.1) is 0 Å². The van der Waals surface area contributed by atoms with Crippen molar-refractivity contribution in [2.24, 2.45) is 7.05 Å². The topological polar surface area (TPSA) is 67.2 Å². The monoisotopic (exact) mass is 195 g/mol. The van der Waals surface area contributed by atoms with Crippen LogP contribution in [0.25, 0.3) is 0 Å². The molecule has 76 valence electrons. The lowest BCUT2D eigenvalue weighted by atomic mass is 10.2. The number of aromatic nitrogens is 2. The second-order valence-electron chi connectivity index (χ2n) is 3.01. The minimum Gasteiger partial charge on any atom is -0.478 e. The Morgan fingerprint density at radius 2 is 2.50 bits per heavy atom. The Balaban J connectivity index is 2.50. The first kappa shape index (κ1) is 10.3. The fourth-order valence-electron chi connectivity index (χ4n) is 1.02. The van der Waals surface area contributed by atoms with Crippen LogP contribution in [0.4, 0.5) is 0 Å². The summed E-state index contributed by atoms with van der Waals surface area (Å²) in [4.78, 5) is 10.2. The second-order valence-corrected chi connectivity index (χ2v) is 3.01. The number of aliphatic carboxylic acids is 1. The van der Waals surface area contributed by atoms with Crippen molar-refractivity contribution in [3.8, 4) is 0 Å². The third kappa shape index (κ3) is 2.93. The summed E-state index contributed by atoms with van der Waals surface area (Å²) in [6, 6.07) is 0.0549. The van der Waals surface area contributed by atoms with E-state index in [1.807, 2.05) is 20.2 Å². The molecule has 2 N–H and O–H groups in total. The summed E-state index contributed by atoms with van der Waals surface area (Å²) < 4.78 is 1.70. The fraction of sp³-hybridized carbons (Fsp3) is 0.333. The van der Waals surface area contributed by atoms with Crippen molar-refractivity contribution in [2.45, 2.75) is 13.0 Å². The Labute approximate surface area is 82.0 Å². The van der Waals surface area contributed by atoms with Crippen LogP contribution in [0.5, 0.6) is 0 Å². The molecule has 1 aromatic heterocycles. The molecule has 0 saturated carbocycles. The third-order valence-corrected chi connectivity index (χ3v) is 1.80. The first-order chi connectivity index (χ1) is 6.59. The minimum atomic E-state index is -0.962. The maximum absolute atomic E-state index is 10.2. The average Bonchev–Trinajstić information content (AvgIpc) is 2.51. The van der Waals surface area contributed by atoms with Crippen molar-refractivity contribution in [3.63, 3.8) is 0 Å². The summed E-state index contributed by atoms with van der Waals surface area (Å²) in [7, 11) is 1.84. The van der Waals surface area contributed by atoms with Gasteiger partial charge in [-0.15, -0.1) is 0 Å². The SMILES string of the molecule is CC(N/C=C/C(=O)O)c1cnn(C)c1. The van der Waals surface area contributed by atoms with Crippen molar-refractivity contribution in [1.29, 1.82) is 0 Å². The summed E-state index contributed by atoms with van der Waals surface area (Å²) >= 11 is 0. The molecule has 0 aliphatic carbocycles. The molecule has 0 aliphatic rings. The van der Waals surface area contributed by atoms with E-state index >= 15 is 0 Å². The summed E-state index contributed by atoms with van der Waals surface area (Å²) in [5, 5.41) is 15.3. The maximum atomic E-state index is 10.2. The van der Waals surface area contributed by atoms with E-state index in [1.54, 1.807) is 10.9 Å². The molecular weight excluding hydrogens is 182 g/mol. The highest BCUT2D eigenvalue weighted by Gasteiger charge is 2.04. The van der Waals surface area contributed by atoms with Gasteiger partial charge in [-0.1, -0.05) is 0 Å². The van der Waals surface area contributed by atoms with Gasteiger partial charge in [-0.25, -0.2) is 4.79 Å². The van der Waals surface area contributed by atoms with Gasteiger partial charge in [0, 0.05) is 31.1 Å². The van der Waals surface area contributed by atoms with Crippen molar-refractivity contribution < 1.29 is 9.90 Å². The van der Waals surface area contributed by atoms with E-state index in [1.165, 1.54) is 6.20 Å². The minimum absolute atomic E-state index is 0.0549. The number of rotatable bonds is 4.